The first kappa shape index (κ1) is 28.4. The number of amides is 1. The number of hydrogen-bond donors (Lipinski definition) is 2. The normalized spacial score (nSPS) is 11.6. The molecule has 0 aliphatic heterocycles. The van der Waals surface area contributed by atoms with Gasteiger partial charge >= 0.3 is 5.97 Å². The van der Waals surface area contributed by atoms with Gasteiger partial charge in [0.25, 0.3) is 5.91 Å². The van der Waals surface area contributed by atoms with Crippen molar-refractivity contribution >= 4 is 17.6 Å². The Balaban J connectivity index is 1.88. The van der Waals surface area contributed by atoms with Crippen LogP contribution in [0.1, 0.15) is 70.9 Å². The van der Waals surface area contributed by atoms with Crippen LogP contribution in [-0.4, -0.2) is 17.0 Å². The SMILES string of the molecule is [C-]#[N+]c1ccc(OCc2ccc(CCC(=O)O)c(C(=O)NC(CC(C)C)c3cc(C)cc(C)c3)c2)cc1F. The number of carbonyl (C=O) groups excluding carboxylic acids is 1. The first-order valence-electron chi connectivity index (χ1n) is 12.6. The van der Waals surface area contributed by atoms with Gasteiger partial charge in [0.15, 0.2) is 0 Å². The second-order valence-corrected chi connectivity index (χ2v) is 9.98. The Kier molecular flexibility index (Phi) is 9.61. The Morgan fingerprint density at radius 3 is 2.37 bits per heavy atom. The van der Waals surface area contributed by atoms with Crippen LogP contribution in [0, 0.1) is 32.2 Å². The predicted octanol–water partition coefficient (Wildman–Crippen LogP) is 7.11. The molecule has 3 aromatic rings. The van der Waals surface area contributed by atoms with E-state index in [0.29, 0.717) is 22.6 Å². The Hall–Kier alpha value is -4.18. The molecule has 0 aliphatic rings. The number of ether oxygens (including phenoxy) is 1. The van der Waals surface area contributed by atoms with E-state index < -0.39 is 11.8 Å². The highest BCUT2D eigenvalue weighted by atomic mass is 19.1. The molecule has 0 spiro atoms. The maximum Gasteiger partial charge on any atom is 0.303 e. The van der Waals surface area contributed by atoms with Crippen LogP contribution in [0.4, 0.5) is 10.1 Å². The molecule has 7 heteroatoms. The van der Waals surface area contributed by atoms with Crippen molar-refractivity contribution in [1.29, 1.82) is 0 Å². The van der Waals surface area contributed by atoms with Crippen molar-refractivity contribution in [3.05, 3.63) is 105 Å². The highest BCUT2D eigenvalue weighted by Gasteiger charge is 2.21. The van der Waals surface area contributed by atoms with Crippen molar-refractivity contribution < 1.29 is 23.8 Å². The van der Waals surface area contributed by atoms with E-state index in [1.165, 1.54) is 12.1 Å². The number of carbonyl (C=O) groups is 2. The number of halogens is 1. The summed E-state index contributed by atoms with van der Waals surface area (Å²) in [4.78, 5) is 27.9. The third-order valence-corrected chi connectivity index (χ3v) is 6.13. The molecule has 0 radical (unpaired) electrons. The van der Waals surface area contributed by atoms with E-state index in [-0.39, 0.29) is 42.8 Å². The van der Waals surface area contributed by atoms with Gasteiger partial charge in [0.2, 0.25) is 5.69 Å². The smallest absolute Gasteiger partial charge is 0.303 e. The van der Waals surface area contributed by atoms with Gasteiger partial charge in [0, 0.05) is 18.1 Å². The standard InChI is InChI=1S/C31H33FN2O4/c1-19(2)12-29(24-14-20(3)13-21(4)15-24)34-31(37)26-16-22(6-7-23(26)8-11-30(35)36)18-38-25-9-10-28(33-5)27(32)17-25/h6-7,9-10,13-17,19,29H,8,11-12,18H2,1-4H3,(H,34,37)(H,35,36). The average molecular weight is 517 g/mol. The summed E-state index contributed by atoms with van der Waals surface area (Å²) in [6.07, 6.45) is 0.851. The summed E-state index contributed by atoms with van der Waals surface area (Å²) in [5, 5.41) is 12.4. The molecule has 3 aromatic carbocycles. The van der Waals surface area contributed by atoms with Crippen molar-refractivity contribution in [1.82, 2.24) is 5.32 Å². The number of rotatable bonds is 11. The van der Waals surface area contributed by atoms with Gasteiger partial charge in [0.05, 0.1) is 12.6 Å². The highest BCUT2D eigenvalue weighted by Crippen LogP contribution is 2.26. The lowest BCUT2D eigenvalue weighted by Crippen LogP contribution is -2.30. The van der Waals surface area contributed by atoms with Crippen molar-refractivity contribution in [2.75, 3.05) is 0 Å². The van der Waals surface area contributed by atoms with E-state index in [4.69, 9.17) is 11.3 Å². The predicted molar refractivity (Wildman–Crippen MR) is 145 cm³/mol. The average Bonchev–Trinajstić information content (AvgIpc) is 2.85. The number of aliphatic carboxylic acids is 1. The van der Waals surface area contributed by atoms with Crippen LogP contribution in [0.3, 0.4) is 0 Å². The molecule has 3 rings (SSSR count). The van der Waals surface area contributed by atoms with E-state index in [1.807, 2.05) is 13.8 Å². The molecule has 2 N–H and O–H groups in total. The van der Waals surface area contributed by atoms with Gasteiger partial charge in [-0.15, -0.1) is 0 Å². The minimum atomic E-state index is -0.943. The van der Waals surface area contributed by atoms with Crippen LogP contribution < -0.4 is 10.1 Å². The second-order valence-electron chi connectivity index (χ2n) is 9.98. The molecule has 0 fully saturated rings. The lowest BCUT2D eigenvalue weighted by atomic mass is 9.93. The number of carboxylic acids is 1. The molecule has 0 aliphatic carbocycles. The molecule has 0 heterocycles. The number of hydrogen-bond acceptors (Lipinski definition) is 3. The number of carboxylic acid groups (broad SMARTS) is 1. The molecule has 0 saturated carbocycles. The summed E-state index contributed by atoms with van der Waals surface area (Å²) in [6.45, 7) is 15.3. The fraction of sp³-hybridized carbons (Fsp3) is 0.323. The molecule has 1 unspecified atom stereocenters. The van der Waals surface area contributed by atoms with E-state index in [2.05, 4.69) is 42.2 Å². The third kappa shape index (κ3) is 7.91. The lowest BCUT2D eigenvalue weighted by Gasteiger charge is -2.23. The Bertz CT molecular complexity index is 1340. The summed E-state index contributed by atoms with van der Waals surface area (Å²) >= 11 is 0. The lowest BCUT2D eigenvalue weighted by molar-refractivity contribution is -0.136. The van der Waals surface area contributed by atoms with Gasteiger partial charge in [-0.1, -0.05) is 55.3 Å². The fourth-order valence-electron chi connectivity index (χ4n) is 4.42. The van der Waals surface area contributed by atoms with E-state index >= 15 is 0 Å². The molecule has 0 aromatic heterocycles. The Morgan fingerprint density at radius 2 is 1.76 bits per heavy atom. The van der Waals surface area contributed by atoms with Crippen LogP contribution in [0.5, 0.6) is 5.75 Å². The maximum absolute atomic E-state index is 14.0. The van der Waals surface area contributed by atoms with Gasteiger partial charge in [0.1, 0.15) is 18.2 Å². The number of nitrogens with zero attached hydrogens (tertiary/aromatic N) is 1. The summed E-state index contributed by atoms with van der Waals surface area (Å²) in [5.74, 6) is -1.29. The minimum Gasteiger partial charge on any atom is -0.489 e. The largest absolute Gasteiger partial charge is 0.489 e. The van der Waals surface area contributed by atoms with Crippen molar-refractivity contribution in [2.45, 2.75) is 59.6 Å². The molecule has 6 nitrogen and oxygen atoms in total. The minimum absolute atomic E-state index is 0.0722. The molecule has 1 atom stereocenters. The van der Waals surface area contributed by atoms with Crippen LogP contribution in [-0.2, 0) is 17.8 Å². The zero-order valence-electron chi connectivity index (χ0n) is 22.2. The molecular weight excluding hydrogens is 483 g/mol. The van der Waals surface area contributed by atoms with Gasteiger partial charge in [-0.3, -0.25) is 9.59 Å². The summed E-state index contributed by atoms with van der Waals surface area (Å²) in [6, 6.07) is 15.3. The first-order chi connectivity index (χ1) is 18.0. The molecule has 198 valence electrons. The zero-order chi connectivity index (χ0) is 27.8. The quantitative estimate of drug-likeness (QED) is 0.266. The van der Waals surface area contributed by atoms with E-state index in [9.17, 15) is 19.1 Å². The van der Waals surface area contributed by atoms with Crippen LogP contribution in [0.15, 0.2) is 54.6 Å². The van der Waals surface area contributed by atoms with Gasteiger partial charge in [-0.05, 0) is 67.5 Å². The summed E-state index contributed by atoms with van der Waals surface area (Å²) in [5.41, 5.74) is 4.87. The van der Waals surface area contributed by atoms with Crippen molar-refractivity contribution in [3.63, 3.8) is 0 Å². The Labute approximate surface area is 223 Å². The fourth-order valence-corrected chi connectivity index (χ4v) is 4.42. The molecule has 0 bridgehead atoms. The van der Waals surface area contributed by atoms with Gasteiger partial charge in [-0.25, -0.2) is 9.24 Å². The topological polar surface area (TPSA) is 80.0 Å². The van der Waals surface area contributed by atoms with E-state index in [1.54, 1.807) is 18.2 Å². The van der Waals surface area contributed by atoms with Crippen molar-refractivity contribution in [2.24, 2.45) is 5.92 Å². The van der Waals surface area contributed by atoms with Gasteiger partial charge in [-0.2, -0.15) is 0 Å². The van der Waals surface area contributed by atoms with Crippen molar-refractivity contribution in [3.8, 4) is 5.75 Å². The van der Waals surface area contributed by atoms with E-state index in [0.717, 1.165) is 29.2 Å². The maximum atomic E-state index is 14.0. The molecular formula is C31H33FN2O4. The summed E-state index contributed by atoms with van der Waals surface area (Å²) < 4.78 is 19.7. The molecule has 1 amide bonds. The van der Waals surface area contributed by atoms with Gasteiger partial charge < -0.3 is 15.2 Å². The molecule has 38 heavy (non-hydrogen) atoms. The number of benzene rings is 3. The van der Waals surface area contributed by atoms with Crippen LogP contribution in [0.2, 0.25) is 0 Å². The van der Waals surface area contributed by atoms with Crippen LogP contribution >= 0.6 is 0 Å². The second kappa shape index (κ2) is 12.9. The molecule has 0 saturated heterocycles. The Morgan fingerprint density at radius 1 is 1.05 bits per heavy atom. The third-order valence-electron chi connectivity index (χ3n) is 6.13. The monoisotopic (exact) mass is 516 g/mol. The first-order valence-corrected chi connectivity index (χ1v) is 12.6. The number of nitrogens with one attached hydrogen (secondary N) is 1. The number of aryl methyl sites for hydroxylation is 3. The summed E-state index contributed by atoms with van der Waals surface area (Å²) in [7, 11) is 0. The van der Waals surface area contributed by atoms with Crippen LogP contribution in [0.25, 0.3) is 4.85 Å². The highest BCUT2D eigenvalue weighted by molar-refractivity contribution is 5.96. The zero-order valence-corrected chi connectivity index (χ0v) is 22.2.